The second-order valence-electron chi connectivity index (χ2n) is 7.28. The van der Waals surface area contributed by atoms with Crippen molar-refractivity contribution in [2.24, 2.45) is 0 Å². The number of hydrogen-bond donors (Lipinski definition) is 1. The monoisotopic (exact) mass is 430 g/mol. The molecule has 2 aliphatic rings. The number of rotatable bonds is 4. The molecule has 2 aliphatic heterocycles. The Morgan fingerprint density at radius 3 is 2.78 bits per heavy atom. The number of benzene rings is 1. The van der Waals surface area contributed by atoms with Crippen LogP contribution in [0.5, 0.6) is 0 Å². The zero-order chi connectivity index (χ0) is 23.1. The number of nitrogens with one attached hydrogen (secondary N) is 1. The number of imide groups is 1. The van der Waals surface area contributed by atoms with Gasteiger partial charge < -0.3 is 9.47 Å². The van der Waals surface area contributed by atoms with Crippen molar-refractivity contribution in [2.75, 3.05) is 0 Å². The Kier molecular flexibility index (Phi) is 7.46. The molecule has 3 heterocycles. The molecule has 7 heteroatoms. The van der Waals surface area contributed by atoms with Crippen molar-refractivity contribution < 1.29 is 14.4 Å². The quantitative estimate of drug-likeness (QED) is 0.459. The summed E-state index contributed by atoms with van der Waals surface area (Å²) in [4.78, 5) is 42.0. The van der Waals surface area contributed by atoms with Crippen molar-refractivity contribution >= 4 is 17.7 Å². The average molecular weight is 431 g/mol. The Labute approximate surface area is 188 Å². The second-order valence-corrected chi connectivity index (χ2v) is 7.28. The summed E-state index contributed by atoms with van der Waals surface area (Å²) < 4.78 is 1.94. The van der Waals surface area contributed by atoms with E-state index in [-0.39, 0.29) is 18.2 Å². The second kappa shape index (κ2) is 10.5. The van der Waals surface area contributed by atoms with Crippen molar-refractivity contribution in [3.05, 3.63) is 53.1 Å². The largest absolute Gasteiger partial charge is 0.336 e. The van der Waals surface area contributed by atoms with E-state index >= 15 is 0 Å². The third kappa shape index (κ3) is 4.90. The normalized spacial score (nSPS) is 16.8. The maximum Gasteiger partial charge on any atom is 0.255 e. The Bertz CT molecular complexity index is 1130. The number of hydrogen-bond acceptors (Lipinski definition) is 4. The van der Waals surface area contributed by atoms with Gasteiger partial charge in [0.15, 0.2) is 0 Å². The number of imidazole rings is 1. The molecular formula is C25H26N4O3. The van der Waals surface area contributed by atoms with Crippen molar-refractivity contribution in [3.63, 3.8) is 0 Å². The third-order valence-electron chi connectivity index (χ3n) is 5.30. The van der Waals surface area contributed by atoms with E-state index in [9.17, 15) is 14.4 Å². The molecule has 1 aromatic heterocycles. The lowest BCUT2D eigenvalue weighted by Crippen LogP contribution is -2.52. The Morgan fingerprint density at radius 2 is 2.06 bits per heavy atom. The molecule has 1 N–H and O–H groups in total. The number of amides is 3. The third-order valence-corrected chi connectivity index (χ3v) is 5.30. The molecule has 1 unspecified atom stereocenters. The van der Waals surface area contributed by atoms with Crippen LogP contribution in [0.1, 0.15) is 66.7 Å². The minimum Gasteiger partial charge on any atom is -0.336 e. The molecule has 0 saturated carbocycles. The van der Waals surface area contributed by atoms with Gasteiger partial charge in [0.25, 0.3) is 5.91 Å². The number of aryl methyl sites for hydroxylation is 1. The van der Waals surface area contributed by atoms with Crippen molar-refractivity contribution in [1.29, 1.82) is 0 Å². The predicted octanol–water partition coefficient (Wildman–Crippen LogP) is 2.48. The molecule has 1 fully saturated rings. The molecule has 7 nitrogen and oxygen atoms in total. The van der Waals surface area contributed by atoms with E-state index in [1.807, 2.05) is 36.7 Å². The van der Waals surface area contributed by atoms with E-state index in [1.165, 1.54) is 0 Å². The first kappa shape index (κ1) is 22.8. The first-order valence-electron chi connectivity index (χ1n) is 10.8. The number of piperidine rings is 1. The molecule has 0 bridgehead atoms. The summed E-state index contributed by atoms with van der Waals surface area (Å²) >= 11 is 0. The van der Waals surface area contributed by atoms with Gasteiger partial charge in [-0.05, 0) is 36.5 Å². The highest BCUT2D eigenvalue weighted by atomic mass is 16.2. The first-order chi connectivity index (χ1) is 15.6. The van der Waals surface area contributed by atoms with Crippen LogP contribution in [0.3, 0.4) is 0 Å². The highest BCUT2D eigenvalue weighted by Gasteiger charge is 2.39. The molecule has 164 valence electrons. The molecule has 0 spiro atoms. The lowest BCUT2D eigenvalue weighted by molar-refractivity contribution is -0.136. The van der Waals surface area contributed by atoms with Crippen LogP contribution in [-0.4, -0.2) is 38.2 Å². The van der Waals surface area contributed by atoms with Crippen molar-refractivity contribution in [3.8, 4) is 24.2 Å². The molecule has 0 radical (unpaired) electrons. The maximum atomic E-state index is 12.8. The fourth-order valence-electron chi connectivity index (χ4n) is 3.77. The van der Waals surface area contributed by atoms with E-state index in [4.69, 9.17) is 6.42 Å². The first-order valence-corrected chi connectivity index (χ1v) is 10.8. The zero-order valence-electron chi connectivity index (χ0n) is 18.4. The molecular weight excluding hydrogens is 404 g/mol. The van der Waals surface area contributed by atoms with Crippen LogP contribution in [0.4, 0.5) is 0 Å². The lowest BCUT2D eigenvalue weighted by Gasteiger charge is -2.29. The SMILES string of the molecule is C#Cc1cn(CCCC#Cc2cccc3c2CN(C2CCC(=O)NC2=O)C3=O)cn1.CC. The van der Waals surface area contributed by atoms with Gasteiger partial charge in [0, 0.05) is 43.3 Å². The minimum absolute atomic E-state index is 0.187. The summed E-state index contributed by atoms with van der Waals surface area (Å²) in [5, 5.41) is 2.32. The molecule has 32 heavy (non-hydrogen) atoms. The fourth-order valence-corrected chi connectivity index (χ4v) is 3.77. The summed E-state index contributed by atoms with van der Waals surface area (Å²) in [5.74, 6) is 7.94. The van der Waals surface area contributed by atoms with Crippen LogP contribution < -0.4 is 5.32 Å². The van der Waals surface area contributed by atoms with Crippen LogP contribution >= 0.6 is 0 Å². The molecule has 1 atom stereocenters. The standard InChI is InChI=1S/C23H20N4O3.C2H6/c1-2-17-13-26(15-24-17)12-5-3-4-7-16-8-6-9-18-19(16)14-27(23(18)30)20-10-11-21(28)25-22(20)29;1-2/h1,6,8-9,13,15,20H,3,5,10-12,14H2,(H,25,28,29);1-2H3. The molecule has 2 aromatic rings. The van der Waals surface area contributed by atoms with Gasteiger partial charge in [0.2, 0.25) is 11.8 Å². The summed E-state index contributed by atoms with van der Waals surface area (Å²) in [6, 6.07) is 4.84. The van der Waals surface area contributed by atoms with Gasteiger partial charge in [0.05, 0.1) is 6.33 Å². The van der Waals surface area contributed by atoms with E-state index in [2.05, 4.69) is 28.1 Å². The number of unbranched alkanes of at least 4 members (excludes halogenated alkanes) is 1. The van der Waals surface area contributed by atoms with Crippen molar-refractivity contribution in [1.82, 2.24) is 19.8 Å². The molecule has 0 aliphatic carbocycles. The van der Waals surface area contributed by atoms with Crippen LogP contribution in [-0.2, 0) is 22.7 Å². The Hall–Kier alpha value is -3.84. The molecule has 1 aromatic carbocycles. The average Bonchev–Trinajstić information content (AvgIpc) is 3.40. The summed E-state index contributed by atoms with van der Waals surface area (Å²) in [6.07, 6.45) is 11.0. The van der Waals surface area contributed by atoms with E-state index < -0.39 is 11.9 Å². The van der Waals surface area contributed by atoms with Gasteiger partial charge in [0.1, 0.15) is 11.7 Å². The van der Waals surface area contributed by atoms with Gasteiger partial charge in [-0.1, -0.05) is 31.8 Å². The number of nitrogens with zero attached hydrogens (tertiary/aromatic N) is 3. The Morgan fingerprint density at radius 1 is 1.25 bits per heavy atom. The zero-order valence-corrected chi connectivity index (χ0v) is 18.4. The van der Waals surface area contributed by atoms with Crippen LogP contribution in [0, 0.1) is 24.2 Å². The smallest absolute Gasteiger partial charge is 0.255 e. The molecule has 3 amide bonds. The Balaban J connectivity index is 0.00000141. The lowest BCUT2D eigenvalue weighted by atomic mass is 10.0. The van der Waals surface area contributed by atoms with Crippen LogP contribution in [0.2, 0.25) is 0 Å². The number of terminal acetylenes is 1. The summed E-state index contributed by atoms with van der Waals surface area (Å²) in [7, 11) is 0. The number of fused-ring (bicyclic) bond motifs is 1. The molecule has 1 saturated heterocycles. The number of carbonyl (C=O) groups excluding carboxylic acids is 3. The van der Waals surface area contributed by atoms with E-state index in [0.717, 1.165) is 24.1 Å². The highest BCUT2D eigenvalue weighted by molar-refractivity contribution is 6.05. The van der Waals surface area contributed by atoms with Crippen molar-refractivity contribution in [2.45, 2.75) is 58.7 Å². The number of aromatic nitrogens is 2. The fraction of sp³-hybridized carbons (Fsp3) is 0.360. The van der Waals surface area contributed by atoms with E-state index in [0.29, 0.717) is 30.6 Å². The summed E-state index contributed by atoms with van der Waals surface area (Å²) in [5.41, 5.74) is 2.83. The van der Waals surface area contributed by atoms with Crippen LogP contribution in [0.25, 0.3) is 0 Å². The van der Waals surface area contributed by atoms with Crippen LogP contribution in [0.15, 0.2) is 30.7 Å². The highest BCUT2D eigenvalue weighted by Crippen LogP contribution is 2.29. The van der Waals surface area contributed by atoms with Gasteiger partial charge in [-0.15, -0.1) is 6.42 Å². The van der Waals surface area contributed by atoms with Gasteiger partial charge in [-0.2, -0.15) is 0 Å². The number of carbonyl (C=O) groups is 3. The molecule has 4 rings (SSSR count). The van der Waals surface area contributed by atoms with Gasteiger partial charge in [-0.25, -0.2) is 4.98 Å². The van der Waals surface area contributed by atoms with Gasteiger partial charge in [-0.3, -0.25) is 19.7 Å². The van der Waals surface area contributed by atoms with E-state index in [1.54, 1.807) is 17.3 Å². The predicted molar refractivity (Wildman–Crippen MR) is 120 cm³/mol. The summed E-state index contributed by atoms with van der Waals surface area (Å²) in [6.45, 7) is 5.10. The van der Waals surface area contributed by atoms with Gasteiger partial charge >= 0.3 is 0 Å². The maximum absolute atomic E-state index is 12.8. The topological polar surface area (TPSA) is 84.3 Å². The minimum atomic E-state index is -0.619.